The summed E-state index contributed by atoms with van der Waals surface area (Å²) in [7, 11) is 0. The van der Waals surface area contributed by atoms with E-state index in [-0.39, 0.29) is 26.8 Å². The quantitative estimate of drug-likeness (QED) is 0.508. The van der Waals surface area contributed by atoms with Crippen molar-refractivity contribution in [3.63, 3.8) is 0 Å². The lowest BCUT2D eigenvalue weighted by atomic mass is 10.1. The number of carboxylic acids is 1. The van der Waals surface area contributed by atoms with Gasteiger partial charge >= 0.3 is 0 Å². The zero-order valence-electron chi connectivity index (χ0n) is 11.1. The van der Waals surface area contributed by atoms with Gasteiger partial charge in [0, 0.05) is 5.71 Å². The lowest BCUT2D eigenvalue weighted by Crippen LogP contribution is -2.24. The molecule has 1 aromatic rings. The molecular formula is C12H13Cl3N3O2-. The highest BCUT2D eigenvalue weighted by Gasteiger charge is 2.17. The second kappa shape index (κ2) is 7.11. The number of aromatic carboxylic acids is 1. The van der Waals surface area contributed by atoms with E-state index in [2.05, 4.69) is 15.5 Å². The van der Waals surface area contributed by atoms with Crippen LogP contribution in [0, 0.1) is 5.92 Å². The third kappa shape index (κ3) is 3.75. The van der Waals surface area contributed by atoms with Gasteiger partial charge in [0.2, 0.25) is 0 Å². The van der Waals surface area contributed by atoms with Crippen LogP contribution in [0.25, 0.3) is 0 Å². The molecule has 0 radical (unpaired) electrons. The van der Waals surface area contributed by atoms with Crippen molar-refractivity contribution in [3.05, 3.63) is 20.9 Å². The van der Waals surface area contributed by atoms with Crippen LogP contribution in [0.15, 0.2) is 5.10 Å². The van der Waals surface area contributed by atoms with E-state index >= 15 is 0 Å². The molecule has 0 aliphatic rings. The molecule has 1 aromatic heterocycles. The topological polar surface area (TPSA) is 77.4 Å². The first-order chi connectivity index (χ1) is 9.29. The molecule has 20 heavy (non-hydrogen) atoms. The normalized spacial score (nSPS) is 11.8. The number of hydrogen-bond donors (Lipinski definition) is 1. The van der Waals surface area contributed by atoms with Gasteiger partial charge in [-0.05, 0) is 12.3 Å². The molecule has 0 amide bonds. The molecule has 8 heteroatoms. The number of hydrazone groups is 1. The number of aromatic nitrogens is 1. The minimum atomic E-state index is -1.54. The van der Waals surface area contributed by atoms with Crippen molar-refractivity contribution in [2.75, 3.05) is 5.43 Å². The number of carbonyl (C=O) groups is 1. The van der Waals surface area contributed by atoms with Crippen molar-refractivity contribution in [1.29, 1.82) is 0 Å². The van der Waals surface area contributed by atoms with Crippen molar-refractivity contribution in [1.82, 2.24) is 4.98 Å². The van der Waals surface area contributed by atoms with Crippen LogP contribution in [0.4, 0.5) is 5.69 Å². The molecule has 0 bridgehead atoms. The summed E-state index contributed by atoms with van der Waals surface area (Å²) in [6, 6.07) is 0. The first-order valence-corrected chi connectivity index (χ1v) is 7.01. The fourth-order valence-electron chi connectivity index (χ4n) is 1.49. The molecule has 5 nitrogen and oxygen atoms in total. The number of hydrogen-bond acceptors (Lipinski definition) is 5. The summed E-state index contributed by atoms with van der Waals surface area (Å²) >= 11 is 17.7. The van der Waals surface area contributed by atoms with E-state index in [0.717, 1.165) is 12.1 Å². The molecule has 1 N–H and O–H groups in total. The molecule has 1 heterocycles. The van der Waals surface area contributed by atoms with Gasteiger partial charge < -0.3 is 9.90 Å². The van der Waals surface area contributed by atoms with Gasteiger partial charge in [-0.2, -0.15) is 5.10 Å². The molecule has 0 aromatic carbocycles. The van der Waals surface area contributed by atoms with Crippen molar-refractivity contribution in [2.45, 2.75) is 27.2 Å². The van der Waals surface area contributed by atoms with E-state index in [0.29, 0.717) is 0 Å². The summed E-state index contributed by atoms with van der Waals surface area (Å²) in [4.78, 5) is 14.5. The molecule has 1 rings (SSSR count). The van der Waals surface area contributed by atoms with E-state index < -0.39 is 11.7 Å². The third-order valence-electron chi connectivity index (χ3n) is 2.57. The van der Waals surface area contributed by atoms with Gasteiger partial charge in [0.1, 0.15) is 10.7 Å². The maximum absolute atomic E-state index is 10.9. The van der Waals surface area contributed by atoms with Gasteiger partial charge in [-0.3, -0.25) is 5.43 Å². The number of pyridine rings is 1. The Morgan fingerprint density at radius 1 is 1.35 bits per heavy atom. The fraction of sp³-hybridized carbons (Fsp3) is 0.417. The average molecular weight is 338 g/mol. The predicted molar refractivity (Wildman–Crippen MR) is 79.8 cm³/mol. The molecule has 0 saturated heterocycles. The van der Waals surface area contributed by atoms with Gasteiger partial charge in [0.15, 0.2) is 5.15 Å². The Balaban J connectivity index is 3.28. The van der Waals surface area contributed by atoms with Gasteiger partial charge in [-0.25, -0.2) is 4.98 Å². The van der Waals surface area contributed by atoms with Crippen molar-refractivity contribution in [2.24, 2.45) is 11.0 Å². The number of nitrogens with one attached hydrogen (secondary N) is 1. The Kier molecular flexibility index (Phi) is 6.05. The summed E-state index contributed by atoms with van der Waals surface area (Å²) in [6.45, 7) is 5.93. The summed E-state index contributed by atoms with van der Waals surface area (Å²) < 4.78 is 0. The largest absolute Gasteiger partial charge is 0.543 e. The van der Waals surface area contributed by atoms with Crippen LogP contribution in [-0.4, -0.2) is 16.7 Å². The summed E-state index contributed by atoms with van der Waals surface area (Å²) in [5.41, 5.74) is 3.14. The third-order valence-corrected chi connectivity index (χ3v) is 3.68. The fourth-order valence-corrected chi connectivity index (χ4v) is 2.15. The molecule has 0 aliphatic heterocycles. The summed E-state index contributed by atoms with van der Waals surface area (Å²) in [5.74, 6) is -1.32. The van der Waals surface area contributed by atoms with Crippen LogP contribution < -0.4 is 10.5 Å². The lowest BCUT2D eigenvalue weighted by Gasteiger charge is -2.14. The molecule has 0 fully saturated rings. The van der Waals surface area contributed by atoms with Crippen LogP contribution in [0.1, 0.15) is 37.7 Å². The molecule has 0 spiro atoms. The minimum absolute atomic E-state index is 0.00428. The number of carbonyl (C=O) groups excluding carboxylic acids is 1. The first kappa shape index (κ1) is 17.0. The molecule has 0 saturated carbocycles. The SMILES string of the molecule is CC/C(=N/Nc1c(Cl)c(Cl)nc(C(=O)[O-])c1Cl)C(C)C. The smallest absolute Gasteiger partial charge is 0.150 e. The Hall–Kier alpha value is -1.04. The minimum Gasteiger partial charge on any atom is -0.543 e. The maximum atomic E-state index is 10.9. The molecule has 110 valence electrons. The highest BCUT2D eigenvalue weighted by Crippen LogP contribution is 2.36. The summed E-state index contributed by atoms with van der Waals surface area (Å²) in [6.07, 6.45) is 0.728. The van der Waals surface area contributed by atoms with Crippen molar-refractivity contribution >= 4 is 52.2 Å². The highest BCUT2D eigenvalue weighted by molar-refractivity contribution is 6.46. The van der Waals surface area contributed by atoms with Crippen LogP contribution >= 0.6 is 34.8 Å². The number of nitrogens with zero attached hydrogens (tertiary/aromatic N) is 2. The van der Waals surface area contributed by atoms with Gasteiger partial charge in [0.25, 0.3) is 0 Å². The molecule has 0 unspecified atom stereocenters. The molecule has 0 atom stereocenters. The second-order valence-electron chi connectivity index (χ2n) is 4.26. The predicted octanol–water partition coefficient (Wildman–Crippen LogP) is 3.24. The van der Waals surface area contributed by atoms with Crippen LogP contribution in [0.5, 0.6) is 0 Å². The van der Waals surface area contributed by atoms with Crippen LogP contribution in [-0.2, 0) is 0 Å². The first-order valence-electron chi connectivity index (χ1n) is 5.87. The Labute approximate surface area is 131 Å². The molecular weight excluding hydrogens is 325 g/mol. The Morgan fingerprint density at radius 3 is 2.40 bits per heavy atom. The number of rotatable bonds is 5. The van der Waals surface area contributed by atoms with E-state index in [1.165, 1.54) is 0 Å². The van der Waals surface area contributed by atoms with E-state index in [1.54, 1.807) is 0 Å². The average Bonchev–Trinajstić information content (AvgIpc) is 2.37. The van der Waals surface area contributed by atoms with Crippen LogP contribution in [0.3, 0.4) is 0 Å². The zero-order valence-corrected chi connectivity index (χ0v) is 13.4. The van der Waals surface area contributed by atoms with Gasteiger partial charge in [-0.1, -0.05) is 55.6 Å². The lowest BCUT2D eigenvalue weighted by molar-refractivity contribution is -0.255. The number of carboxylic acid groups (broad SMARTS) is 1. The summed E-state index contributed by atoms with van der Waals surface area (Å²) in [5, 5.41) is 14.7. The van der Waals surface area contributed by atoms with E-state index in [4.69, 9.17) is 34.8 Å². The second-order valence-corrected chi connectivity index (χ2v) is 5.38. The van der Waals surface area contributed by atoms with Crippen molar-refractivity contribution in [3.8, 4) is 0 Å². The van der Waals surface area contributed by atoms with Gasteiger partial charge in [-0.15, -0.1) is 0 Å². The Morgan fingerprint density at radius 2 is 1.95 bits per heavy atom. The highest BCUT2D eigenvalue weighted by atomic mass is 35.5. The van der Waals surface area contributed by atoms with Crippen molar-refractivity contribution < 1.29 is 9.90 Å². The van der Waals surface area contributed by atoms with Crippen LogP contribution in [0.2, 0.25) is 15.2 Å². The van der Waals surface area contributed by atoms with E-state index in [9.17, 15) is 9.90 Å². The number of halogens is 3. The Bertz CT molecular complexity index is 559. The monoisotopic (exact) mass is 336 g/mol. The zero-order chi connectivity index (χ0) is 15.4. The van der Waals surface area contributed by atoms with Gasteiger partial charge in [0.05, 0.1) is 16.7 Å². The number of anilines is 1. The maximum Gasteiger partial charge on any atom is 0.150 e. The van der Waals surface area contributed by atoms with E-state index in [1.807, 2.05) is 20.8 Å². The standard InChI is InChI=1S/C12H14Cl3N3O2/c1-4-6(5(2)3)17-18-9-7(13)10(12(19)20)16-11(15)8(9)14/h5H,4H2,1-3H3,(H,16,18)(H,19,20)/p-1/b17-6-. The molecule has 0 aliphatic carbocycles.